The summed E-state index contributed by atoms with van der Waals surface area (Å²) in [4.78, 5) is 3.12. The molecule has 0 aromatic carbocycles. The number of hydrogen-bond donors (Lipinski definition) is 0. The van der Waals surface area contributed by atoms with Gasteiger partial charge in [-0.2, -0.15) is 0 Å². The lowest BCUT2D eigenvalue weighted by atomic mass is 9.73. The number of nitrogens with zero attached hydrogens (tertiary/aromatic N) is 1. The van der Waals surface area contributed by atoms with Crippen molar-refractivity contribution in [2.75, 3.05) is 0 Å². The lowest BCUT2D eigenvalue weighted by Crippen LogP contribution is -2.57. The van der Waals surface area contributed by atoms with Crippen LogP contribution < -0.4 is 0 Å². The van der Waals surface area contributed by atoms with E-state index < -0.39 is 0 Å². The van der Waals surface area contributed by atoms with Gasteiger partial charge in [0.05, 0.1) is 0 Å². The first kappa shape index (κ1) is 19.5. The van der Waals surface area contributed by atoms with E-state index in [4.69, 9.17) is 0 Å². The molecule has 144 valence electrons. The molecule has 0 aromatic heterocycles. The molecule has 1 nitrogen and oxygen atoms in total. The van der Waals surface area contributed by atoms with Crippen LogP contribution in [0.5, 0.6) is 0 Å². The first-order valence-electron chi connectivity index (χ1n) is 11.4. The molecule has 0 N–H and O–H groups in total. The Morgan fingerprint density at radius 2 is 1.16 bits per heavy atom. The number of hydrogen-bond acceptors (Lipinski definition) is 1. The van der Waals surface area contributed by atoms with Gasteiger partial charge in [0.1, 0.15) is 0 Å². The third-order valence-corrected chi connectivity index (χ3v) is 8.03. The van der Waals surface area contributed by atoms with Gasteiger partial charge in [-0.1, -0.05) is 33.8 Å². The van der Waals surface area contributed by atoms with Crippen molar-refractivity contribution in [3.8, 4) is 0 Å². The maximum atomic E-state index is 4.06. The summed E-state index contributed by atoms with van der Waals surface area (Å²) in [5.74, 6) is 4.42. The summed E-state index contributed by atoms with van der Waals surface area (Å²) in [7, 11) is 0. The van der Waals surface area contributed by atoms with E-state index in [9.17, 15) is 0 Å². The second-order valence-electron chi connectivity index (χ2n) is 10.2. The van der Waals surface area contributed by atoms with Gasteiger partial charge in [-0.25, -0.2) is 0 Å². The van der Waals surface area contributed by atoms with Crippen molar-refractivity contribution in [2.45, 2.75) is 110 Å². The highest BCUT2D eigenvalue weighted by atomic mass is 15.2. The second-order valence-corrected chi connectivity index (χ2v) is 10.2. The van der Waals surface area contributed by atoms with Crippen LogP contribution in [-0.4, -0.2) is 23.0 Å². The Morgan fingerprint density at radius 3 is 1.56 bits per heavy atom. The highest BCUT2D eigenvalue weighted by molar-refractivity contribution is 4.97. The van der Waals surface area contributed by atoms with Gasteiger partial charge in [-0.15, -0.1) is 6.58 Å². The minimum atomic E-state index is 0.783. The Hall–Kier alpha value is -0.300. The van der Waals surface area contributed by atoms with Crippen LogP contribution in [0, 0.1) is 29.6 Å². The maximum Gasteiger partial charge on any atom is 0.0127 e. The van der Waals surface area contributed by atoms with E-state index in [1.807, 2.05) is 0 Å². The first-order chi connectivity index (χ1) is 12.0. The smallest absolute Gasteiger partial charge is 0.0127 e. The van der Waals surface area contributed by atoms with Gasteiger partial charge in [0.25, 0.3) is 0 Å². The molecule has 3 aliphatic rings. The van der Waals surface area contributed by atoms with Crippen LogP contribution in [0.25, 0.3) is 0 Å². The number of allylic oxidation sites excluding steroid dienone is 1. The van der Waals surface area contributed by atoms with E-state index in [0.717, 1.165) is 47.7 Å². The van der Waals surface area contributed by atoms with Crippen LogP contribution in [0.2, 0.25) is 0 Å². The quantitative estimate of drug-likeness (QED) is 0.513. The zero-order chi connectivity index (χ0) is 18.0. The molecule has 0 saturated heterocycles. The van der Waals surface area contributed by atoms with E-state index in [-0.39, 0.29) is 0 Å². The van der Waals surface area contributed by atoms with Crippen molar-refractivity contribution in [2.24, 2.45) is 29.6 Å². The average molecular weight is 346 g/mol. The van der Waals surface area contributed by atoms with Crippen molar-refractivity contribution in [3.63, 3.8) is 0 Å². The van der Waals surface area contributed by atoms with E-state index in [1.54, 1.807) is 0 Å². The predicted molar refractivity (Wildman–Crippen MR) is 110 cm³/mol. The Morgan fingerprint density at radius 1 is 0.680 bits per heavy atom. The van der Waals surface area contributed by atoms with E-state index in [2.05, 4.69) is 45.2 Å². The predicted octanol–water partition coefficient (Wildman–Crippen LogP) is 6.68. The Labute approximate surface area is 157 Å². The van der Waals surface area contributed by atoms with Gasteiger partial charge in [0, 0.05) is 18.1 Å². The van der Waals surface area contributed by atoms with E-state index in [0.29, 0.717) is 0 Å². The molecular formula is C24H43N. The molecule has 3 aliphatic carbocycles. The van der Waals surface area contributed by atoms with Gasteiger partial charge in [-0.05, 0) is 93.8 Å². The monoisotopic (exact) mass is 345 g/mol. The molecule has 25 heavy (non-hydrogen) atoms. The SMILES string of the molecule is C=CC1CCC(N(C2CCC(C)CC2C)C2CCC(C)CC2C)CC1. The van der Waals surface area contributed by atoms with Crippen LogP contribution in [0.4, 0.5) is 0 Å². The topological polar surface area (TPSA) is 3.24 Å². The molecule has 0 heterocycles. The lowest BCUT2D eigenvalue weighted by Gasteiger charge is -2.53. The summed E-state index contributed by atoms with van der Waals surface area (Å²) < 4.78 is 0. The summed E-state index contributed by atoms with van der Waals surface area (Å²) >= 11 is 0. The molecule has 1 heteroatoms. The third-order valence-electron chi connectivity index (χ3n) is 8.03. The van der Waals surface area contributed by atoms with Crippen LogP contribution in [0.1, 0.15) is 91.9 Å². The fourth-order valence-corrected chi connectivity index (χ4v) is 6.61. The summed E-state index contributed by atoms with van der Waals surface area (Å²) in [5, 5.41) is 0. The van der Waals surface area contributed by atoms with Gasteiger partial charge in [0.2, 0.25) is 0 Å². The van der Waals surface area contributed by atoms with Gasteiger partial charge in [0.15, 0.2) is 0 Å². The zero-order valence-corrected chi connectivity index (χ0v) is 17.4. The van der Waals surface area contributed by atoms with Crippen molar-refractivity contribution >= 4 is 0 Å². The first-order valence-corrected chi connectivity index (χ1v) is 11.4. The van der Waals surface area contributed by atoms with Crippen molar-refractivity contribution < 1.29 is 0 Å². The molecule has 0 aliphatic heterocycles. The fraction of sp³-hybridized carbons (Fsp3) is 0.917. The van der Waals surface area contributed by atoms with Crippen molar-refractivity contribution in [1.82, 2.24) is 4.90 Å². The molecule has 0 amide bonds. The summed E-state index contributed by atoms with van der Waals surface area (Å²) in [6, 6.07) is 2.54. The molecule has 6 atom stereocenters. The van der Waals surface area contributed by atoms with Crippen LogP contribution in [-0.2, 0) is 0 Å². The fourth-order valence-electron chi connectivity index (χ4n) is 6.61. The van der Waals surface area contributed by atoms with Crippen molar-refractivity contribution in [3.05, 3.63) is 12.7 Å². The summed E-state index contributed by atoms with van der Waals surface area (Å²) in [6.45, 7) is 14.1. The van der Waals surface area contributed by atoms with Gasteiger partial charge in [-0.3, -0.25) is 4.90 Å². The molecule has 6 unspecified atom stereocenters. The van der Waals surface area contributed by atoms with Gasteiger partial charge >= 0.3 is 0 Å². The summed E-state index contributed by atoms with van der Waals surface area (Å²) in [6.07, 6.45) is 16.5. The van der Waals surface area contributed by atoms with E-state index in [1.165, 1.54) is 64.2 Å². The summed E-state index contributed by atoms with van der Waals surface area (Å²) in [5.41, 5.74) is 0. The van der Waals surface area contributed by atoms with Crippen LogP contribution in [0.3, 0.4) is 0 Å². The lowest BCUT2D eigenvalue weighted by molar-refractivity contribution is -0.0329. The normalized spacial score (nSPS) is 46.1. The molecule has 3 fully saturated rings. The van der Waals surface area contributed by atoms with Gasteiger partial charge < -0.3 is 0 Å². The third kappa shape index (κ3) is 4.52. The maximum absolute atomic E-state index is 4.06. The van der Waals surface area contributed by atoms with Crippen LogP contribution in [0.15, 0.2) is 12.7 Å². The largest absolute Gasteiger partial charge is 0.294 e. The standard InChI is InChI=1S/C24H43N/c1-6-21-9-11-22(12-10-21)25(23-13-7-17(2)15-19(23)4)24-14-8-18(3)16-20(24)5/h6,17-24H,1,7-16H2,2-5H3. The minimum Gasteiger partial charge on any atom is -0.294 e. The van der Waals surface area contributed by atoms with E-state index >= 15 is 0 Å². The highest BCUT2D eigenvalue weighted by Gasteiger charge is 2.41. The average Bonchev–Trinajstić information content (AvgIpc) is 2.59. The Balaban J connectivity index is 1.77. The minimum absolute atomic E-state index is 0.783. The highest BCUT2D eigenvalue weighted by Crippen LogP contribution is 2.42. The molecule has 0 bridgehead atoms. The Kier molecular flexibility index (Phi) is 6.69. The molecule has 0 spiro atoms. The molecule has 3 saturated carbocycles. The Bertz CT molecular complexity index is 396. The number of rotatable bonds is 4. The van der Waals surface area contributed by atoms with Crippen molar-refractivity contribution in [1.29, 1.82) is 0 Å². The molecular weight excluding hydrogens is 302 g/mol. The van der Waals surface area contributed by atoms with Crippen LogP contribution >= 0.6 is 0 Å². The molecule has 3 rings (SSSR count). The zero-order valence-electron chi connectivity index (χ0n) is 17.4. The molecule has 0 aromatic rings. The molecule has 0 radical (unpaired) electrons. The second kappa shape index (κ2) is 8.59.